The van der Waals surface area contributed by atoms with Crippen LogP contribution in [-0.4, -0.2) is 19.7 Å². The third-order valence-corrected chi connectivity index (χ3v) is 3.39. The number of alkyl halides is 5. The van der Waals surface area contributed by atoms with Crippen LogP contribution in [0, 0.1) is 10.1 Å². The number of rotatable bonds is 4. The Morgan fingerprint density at radius 2 is 1.81 bits per heavy atom. The number of ether oxygens (including phenoxy) is 1. The molecule has 0 aliphatic rings. The molecule has 0 unspecified atom stereocenters. The topological polar surface area (TPSA) is 86.5 Å². The molecule has 1 aromatic carbocycles. The largest absolute Gasteiger partial charge is 0.573 e. The molecule has 118 valence electrons. The average molecular weight is 356 g/mol. The van der Waals surface area contributed by atoms with Gasteiger partial charge in [-0.2, -0.15) is 0 Å². The summed E-state index contributed by atoms with van der Waals surface area (Å²) in [6.45, 7) is 0. The first-order valence-electron chi connectivity index (χ1n) is 4.64. The quantitative estimate of drug-likeness (QED) is 0.358. The molecule has 1 rings (SSSR count). The van der Waals surface area contributed by atoms with Crippen molar-refractivity contribution in [1.82, 2.24) is 0 Å². The van der Waals surface area contributed by atoms with Gasteiger partial charge in [-0.3, -0.25) is 10.1 Å². The molecule has 21 heavy (non-hydrogen) atoms. The van der Waals surface area contributed by atoms with Crippen molar-refractivity contribution in [1.29, 1.82) is 0 Å². The normalized spacial score (nSPS) is 12.5. The smallest absolute Gasteiger partial charge is 0.404 e. The predicted octanol–water partition coefficient (Wildman–Crippen LogP) is 3.36. The molecule has 0 aromatic heterocycles. The monoisotopic (exact) mass is 355 g/mol. The molecule has 0 heterocycles. The molecule has 0 fully saturated rings. The Hall–Kier alpha value is -1.69. The van der Waals surface area contributed by atoms with Crippen LogP contribution in [0.15, 0.2) is 17.0 Å². The van der Waals surface area contributed by atoms with Crippen LogP contribution in [0.5, 0.6) is 5.75 Å². The first kappa shape index (κ1) is 17.4. The summed E-state index contributed by atoms with van der Waals surface area (Å²) in [5, 5.41) is 10.6. The number of nitrogens with zero attached hydrogens (tertiary/aromatic N) is 1. The third-order valence-electron chi connectivity index (χ3n) is 2.02. The summed E-state index contributed by atoms with van der Waals surface area (Å²) in [5.74, 6) is -1.58. The highest BCUT2D eigenvalue weighted by atomic mass is 35.7. The summed E-state index contributed by atoms with van der Waals surface area (Å²) in [6, 6.07) is 0.473. The number of benzene rings is 1. The second-order valence-corrected chi connectivity index (χ2v) is 5.87. The molecule has 0 aliphatic carbocycles. The van der Waals surface area contributed by atoms with Gasteiger partial charge < -0.3 is 4.74 Å². The van der Waals surface area contributed by atoms with Crippen LogP contribution in [0.1, 0.15) is 12.0 Å². The summed E-state index contributed by atoms with van der Waals surface area (Å²) in [6.07, 6.45) is -9.18. The van der Waals surface area contributed by atoms with Crippen LogP contribution >= 0.6 is 10.7 Å². The predicted molar refractivity (Wildman–Crippen MR) is 57.8 cm³/mol. The van der Waals surface area contributed by atoms with Crippen molar-refractivity contribution >= 4 is 25.4 Å². The zero-order valence-electron chi connectivity index (χ0n) is 9.40. The van der Waals surface area contributed by atoms with Gasteiger partial charge >= 0.3 is 6.36 Å². The molecule has 0 saturated carbocycles. The fourth-order valence-electron chi connectivity index (χ4n) is 1.40. The van der Waals surface area contributed by atoms with E-state index in [1.165, 1.54) is 0 Å². The SMILES string of the molecule is O=[N+]([O-])c1ccc(OC(F)(F)F)c(S(=O)(=O)Cl)c1C(F)F. The highest BCUT2D eigenvalue weighted by Crippen LogP contribution is 2.42. The molecule has 0 aliphatic heterocycles. The van der Waals surface area contributed by atoms with Gasteiger partial charge in [0.25, 0.3) is 21.2 Å². The summed E-state index contributed by atoms with van der Waals surface area (Å²) in [7, 11) is -0.387. The van der Waals surface area contributed by atoms with E-state index in [2.05, 4.69) is 4.74 Å². The number of hydrogen-bond acceptors (Lipinski definition) is 5. The first-order chi connectivity index (χ1) is 9.34. The number of nitro benzene ring substituents is 1. The van der Waals surface area contributed by atoms with E-state index in [-0.39, 0.29) is 12.1 Å². The van der Waals surface area contributed by atoms with Crippen molar-refractivity contribution in [2.75, 3.05) is 0 Å². The molecule has 1 aromatic rings. The lowest BCUT2D eigenvalue weighted by Gasteiger charge is -2.14. The van der Waals surface area contributed by atoms with Crippen LogP contribution in [0.3, 0.4) is 0 Å². The Labute approximate surface area is 117 Å². The van der Waals surface area contributed by atoms with Gasteiger partial charge in [0.05, 0.1) is 4.92 Å². The Morgan fingerprint density at radius 3 is 2.14 bits per heavy atom. The first-order valence-corrected chi connectivity index (χ1v) is 6.95. The molecular formula is C8H3ClF5NO5S. The highest BCUT2D eigenvalue weighted by Gasteiger charge is 2.39. The van der Waals surface area contributed by atoms with E-state index in [1.807, 2.05) is 0 Å². The zero-order chi connectivity index (χ0) is 16.6. The van der Waals surface area contributed by atoms with Gasteiger partial charge in [-0.25, -0.2) is 17.2 Å². The van der Waals surface area contributed by atoms with E-state index in [9.17, 15) is 40.5 Å². The molecule has 0 spiro atoms. The second kappa shape index (κ2) is 5.60. The van der Waals surface area contributed by atoms with E-state index in [1.54, 1.807) is 0 Å². The molecule has 0 saturated heterocycles. The lowest BCUT2D eigenvalue weighted by atomic mass is 10.1. The van der Waals surface area contributed by atoms with Gasteiger partial charge in [0.2, 0.25) is 0 Å². The molecule has 13 heteroatoms. The van der Waals surface area contributed by atoms with Crippen LogP contribution in [-0.2, 0) is 9.05 Å². The average Bonchev–Trinajstić information content (AvgIpc) is 2.23. The van der Waals surface area contributed by atoms with Crippen LogP contribution < -0.4 is 4.74 Å². The van der Waals surface area contributed by atoms with E-state index in [0.717, 1.165) is 0 Å². The maximum absolute atomic E-state index is 12.8. The van der Waals surface area contributed by atoms with Gasteiger partial charge in [-0.1, -0.05) is 0 Å². The van der Waals surface area contributed by atoms with Crippen molar-refractivity contribution in [2.24, 2.45) is 0 Å². The van der Waals surface area contributed by atoms with Crippen molar-refractivity contribution < 1.29 is 40.0 Å². The van der Waals surface area contributed by atoms with Crippen molar-refractivity contribution in [3.05, 3.63) is 27.8 Å². The molecule has 6 nitrogen and oxygen atoms in total. The standard InChI is InChI=1S/C8H3ClF5NO5S/c9-21(18,19)6-4(20-8(12,13)14)2-1-3(15(16)17)5(6)7(10)11/h1-2,7H. The van der Waals surface area contributed by atoms with Crippen molar-refractivity contribution in [3.8, 4) is 5.75 Å². The van der Waals surface area contributed by atoms with Gasteiger partial charge in [-0.05, 0) is 6.07 Å². The van der Waals surface area contributed by atoms with Crippen molar-refractivity contribution in [3.63, 3.8) is 0 Å². The minimum Gasteiger partial charge on any atom is -0.404 e. The highest BCUT2D eigenvalue weighted by molar-refractivity contribution is 8.13. The Balaban J connectivity index is 3.78. The fraction of sp³-hybridized carbons (Fsp3) is 0.250. The van der Waals surface area contributed by atoms with Gasteiger partial charge in [0.15, 0.2) is 0 Å². The van der Waals surface area contributed by atoms with E-state index < -0.39 is 48.7 Å². The number of halogens is 6. The molecular weight excluding hydrogens is 353 g/mol. The summed E-state index contributed by atoms with van der Waals surface area (Å²) in [5.41, 5.74) is -3.18. The van der Waals surface area contributed by atoms with Crippen LogP contribution in [0.25, 0.3) is 0 Å². The fourth-order valence-corrected chi connectivity index (χ4v) is 2.68. The van der Waals surface area contributed by atoms with Gasteiger partial charge in [-0.15, -0.1) is 13.2 Å². The maximum Gasteiger partial charge on any atom is 0.573 e. The summed E-state index contributed by atoms with van der Waals surface area (Å²) >= 11 is 0. The molecule has 0 amide bonds. The number of hydrogen-bond donors (Lipinski definition) is 0. The minimum atomic E-state index is -5.41. The van der Waals surface area contributed by atoms with E-state index in [0.29, 0.717) is 0 Å². The Bertz CT molecular complexity index is 674. The van der Waals surface area contributed by atoms with Crippen LogP contribution in [0.2, 0.25) is 0 Å². The van der Waals surface area contributed by atoms with Crippen molar-refractivity contribution in [2.45, 2.75) is 17.7 Å². The second-order valence-electron chi connectivity index (χ2n) is 3.37. The summed E-state index contributed by atoms with van der Waals surface area (Å²) < 4.78 is 87.7. The lowest BCUT2D eigenvalue weighted by molar-refractivity contribution is -0.386. The molecule has 0 atom stereocenters. The Morgan fingerprint density at radius 1 is 1.29 bits per heavy atom. The molecule has 0 bridgehead atoms. The molecule has 0 radical (unpaired) electrons. The van der Waals surface area contributed by atoms with Gasteiger partial charge in [0.1, 0.15) is 16.2 Å². The van der Waals surface area contributed by atoms with E-state index >= 15 is 0 Å². The minimum absolute atomic E-state index is 0.215. The maximum atomic E-state index is 12.8. The number of nitro groups is 1. The van der Waals surface area contributed by atoms with Crippen LogP contribution in [0.4, 0.5) is 27.6 Å². The lowest BCUT2D eigenvalue weighted by Crippen LogP contribution is -2.19. The molecule has 0 N–H and O–H groups in total. The zero-order valence-corrected chi connectivity index (χ0v) is 11.0. The third kappa shape index (κ3) is 4.14. The Kier molecular flexibility index (Phi) is 4.63. The van der Waals surface area contributed by atoms with Gasteiger partial charge in [0, 0.05) is 16.7 Å². The summed E-state index contributed by atoms with van der Waals surface area (Å²) in [4.78, 5) is 7.39. The van der Waals surface area contributed by atoms with E-state index in [4.69, 9.17) is 10.7 Å².